The van der Waals surface area contributed by atoms with Gasteiger partial charge in [-0.1, -0.05) is 13.3 Å². The Kier molecular flexibility index (Phi) is 4.31. The summed E-state index contributed by atoms with van der Waals surface area (Å²) in [7, 11) is 0. The van der Waals surface area contributed by atoms with Gasteiger partial charge in [0.2, 0.25) is 0 Å². The lowest BCUT2D eigenvalue weighted by atomic mass is 9.94. The fraction of sp³-hybridized carbons (Fsp3) is 0.385. The molecule has 0 aliphatic rings. The van der Waals surface area contributed by atoms with Gasteiger partial charge in [-0.05, 0) is 37.0 Å². The number of carbonyl (C=O) groups is 2. The number of phenols is 1. The molecule has 1 rings (SSSR count). The molecule has 5 heteroatoms. The van der Waals surface area contributed by atoms with Crippen molar-refractivity contribution in [3.63, 3.8) is 0 Å². The van der Waals surface area contributed by atoms with Crippen LogP contribution >= 0.6 is 0 Å². The molecule has 0 bridgehead atoms. The zero-order chi connectivity index (χ0) is 13.9. The molecular weight excluding hydrogens is 236 g/mol. The van der Waals surface area contributed by atoms with Gasteiger partial charge in [0.15, 0.2) is 0 Å². The molecule has 1 aromatic carbocycles. The Labute approximate surface area is 105 Å². The molecule has 0 spiro atoms. The maximum atomic E-state index is 11.1. The maximum absolute atomic E-state index is 11.1. The van der Waals surface area contributed by atoms with E-state index in [9.17, 15) is 14.7 Å². The summed E-state index contributed by atoms with van der Waals surface area (Å²) in [6.07, 6.45) is 2.09. The molecule has 0 amide bonds. The molecule has 0 unspecified atom stereocenters. The number of hydrogen-bond acceptors (Lipinski definition) is 3. The molecule has 3 N–H and O–H groups in total. The van der Waals surface area contributed by atoms with Crippen molar-refractivity contribution >= 4 is 11.9 Å². The van der Waals surface area contributed by atoms with Crippen LogP contribution in [0.15, 0.2) is 6.07 Å². The first-order chi connectivity index (χ1) is 8.40. The van der Waals surface area contributed by atoms with E-state index in [0.717, 1.165) is 12.8 Å². The first kappa shape index (κ1) is 14.0. The van der Waals surface area contributed by atoms with Crippen molar-refractivity contribution in [3.8, 4) is 5.75 Å². The molecule has 0 aliphatic heterocycles. The lowest BCUT2D eigenvalue weighted by Gasteiger charge is -2.12. The second-order valence-corrected chi connectivity index (χ2v) is 4.15. The van der Waals surface area contributed by atoms with Gasteiger partial charge >= 0.3 is 11.9 Å². The number of hydrogen-bond donors (Lipinski definition) is 3. The Morgan fingerprint density at radius 2 is 1.83 bits per heavy atom. The Bertz CT molecular complexity index is 491. The molecule has 1 aromatic rings. The van der Waals surface area contributed by atoms with Gasteiger partial charge < -0.3 is 15.3 Å². The van der Waals surface area contributed by atoms with Crippen LogP contribution in [-0.4, -0.2) is 27.3 Å². The highest BCUT2D eigenvalue weighted by Crippen LogP contribution is 2.30. The van der Waals surface area contributed by atoms with Crippen LogP contribution < -0.4 is 0 Å². The zero-order valence-corrected chi connectivity index (χ0v) is 10.4. The molecule has 0 atom stereocenters. The third-order valence-electron chi connectivity index (χ3n) is 2.88. The van der Waals surface area contributed by atoms with Crippen LogP contribution in [0.3, 0.4) is 0 Å². The minimum absolute atomic E-state index is 0.0729. The SMILES string of the molecule is CCCCc1cc(C(=O)O)c(C)c(C(=O)O)c1O. The van der Waals surface area contributed by atoms with Gasteiger partial charge in [-0.3, -0.25) is 0 Å². The average molecular weight is 252 g/mol. The number of aromatic hydroxyl groups is 1. The average Bonchev–Trinajstić information content (AvgIpc) is 2.27. The molecule has 0 heterocycles. The molecule has 0 aliphatic carbocycles. The van der Waals surface area contributed by atoms with Crippen LogP contribution in [0.4, 0.5) is 0 Å². The summed E-state index contributed by atoms with van der Waals surface area (Å²) >= 11 is 0. The van der Waals surface area contributed by atoms with E-state index >= 15 is 0 Å². The zero-order valence-electron chi connectivity index (χ0n) is 10.4. The number of carboxylic acid groups (broad SMARTS) is 2. The Morgan fingerprint density at radius 3 is 2.28 bits per heavy atom. The van der Waals surface area contributed by atoms with Crippen LogP contribution in [0.25, 0.3) is 0 Å². The normalized spacial score (nSPS) is 10.3. The van der Waals surface area contributed by atoms with E-state index in [0.29, 0.717) is 12.0 Å². The topological polar surface area (TPSA) is 94.8 Å². The molecule has 98 valence electrons. The number of aromatic carboxylic acids is 2. The number of rotatable bonds is 5. The molecule has 0 saturated carbocycles. The van der Waals surface area contributed by atoms with Gasteiger partial charge in [0, 0.05) is 0 Å². The molecule has 0 aromatic heterocycles. The third kappa shape index (κ3) is 2.61. The van der Waals surface area contributed by atoms with E-state index in [-0.39, 0.29) is 22.4 Å². The number of benzene rings is 1. The Balaban J connectivity index is 3.45. The number of aryl methyl sites for hydroxylation is 1. The number of unbranched alkanes of at least 4 members (excludes halogenated alkanes) is 1. The summed E-state index contributed by atoms with van der Waals surface area (Å²) in [6.45, 7) is 3.34. The highest BCUT2D eigenvalue weighted by molar-refractivity contribution is 5.99. The van der Waals surface area contributed by atoms with E-state index in [1.807, 2.05) is 6.92 Å². The Morgan fingerprint density at radius 1 is 1.22 bits per heavy atom. The van der Waals surface area contributed by atoms with Crippen LogP contribution in [0.2, 0.25) is 0 Å². The summed E-state index contributed by atoms with van der Waals surface area (Å²) in [4.78, 5) is 22.1. The summed E-state index contributed by atoms with van der Waals surface area (Å²) in [5.41, 5.74) is 0.0577. The van der Waals surface area contributed by atoms with Crippen LogP contribution in [0, 0.1) is 6.92 Å². The predicted molar refractivity (Wildman–Crippen MR) is 65.4 cm³/mol. The summed E-state index contributed by atoms with van der Waals surface area (Å²) < 4.78 is 0. The van der Waals surface area contributed by atoms with Crippen molar-refractivity contribution in [3.05, 3.63) is 28.3 Å². The van der Waals surface area contributed by atoms with E-state index < -0.39 is 11.9 Å². The molecule has 0 radical (unpaired) electrons. The van der Waals surface area contributed by atoms with Crippen LogP contribution in [0.1, 0.15) is 51.6 Å². The lowest BCUT2D eigenvalue weighted by molar-refractivity contribution is 0.0692. The van der Waals surface area contributed by atoms with Crippen LogP contribution in [-0.2, 0) is 6.42 Å². The van der Waals surface area contributed by atoms with Crippen molar-refractivity contribution in [1.29, 1.82) is 0 Å². The summed E-state index contributed by atoms with van der Waals surface area (Å²) in [5, 5.41) is 28.0. The van der Waals surface area contributed by atoms with Crippen molar-refractivity contribution in [2.75, 3.05) is 0 Å². The van der Waals surface area contributed by atoms with Crippen molar-refractivity contribution in [2.24, 2.45) is 0 Å². The second-order valence-electron chi connectivity index (χ2n) is 4.15. The van der Waals surface area contributed by atoms with Crippen molar-refractivity contribution in [1.82, 2.24) is 0 Å². The second kappa shape index (κ2) is 5.53. The van der Waals surface area contributed by atoms with Gasteiger partial charge in [-0.2, -0.15) is 0 Å². The quantitative estimate of drug-likeness (QED) is 0.748. The number of carboxylic acids is 2. The molecular formula is C13H16O5. The van der Waals surface area contributed by atoms with Gasteiger partial charge in [0.25, 0.3) is 0 Å². The van der Waals surface area contributed by atoms with E-state index in [4.69, 9.17) is 10.2 Å². The van der Waals surface area contributed by atoms with E-state index in [2.05, 4.69) is 0 Å². The largest absolute Gasteiger partial charge is 0.507 e. The Hall–Kier alpha value is -2.04. The highest BCUT2D eigenvalue weighted by atomic mass is 16.4. The highest BCUT2D eigenvalue weighted by Gasteiger charge is 2.22. The van der Waals surface area contributed by atoms with Gasteiger partial charge in [0.1, 0.15) is 11.3 Å². The van der Waals surface area contributed by atoms with E-state index in [1.54, 1.807) is 0 Å². The molecule has 18 heavy (non-hydrogen) atoms. The first-order valence-electron chi connectivity index (χ1n) is 5.72. The predicted octanol–water partition coefficient (Wildman–Crippen LogP) is 2.44. The van der Waals surface area contributed by atoms with E-state index in [1.165, 1.54) is 13.0 Å². The lowest BCUT2D eigenvalue weighted by Crippen LogP contribution is -2.09. The summed E-state index contributed by atoms with van der Waals surface area (Å²) in [5.74, 6) is -2.82. The smallest absolute Gasteiger partial charge is 0.339 e. The molecule has 5 nitrogen and oxygen atoms in total. The maximum Gasteiger partial charge on any atom is 0.339 e. The van der Waals surface area contributed by atoms with Crippen LogP contribution in [0.5, 0.6) is 5.75 Å². The minimum atomic E-state index is -1.31. The van der Waals surface area contributed by atoms with Gasteiger partial charge in [-0.25, -0.2) is 9.59 Å². The first-order valence-corrected chi connectivity index (χ1v) is 5.72. The fourth-order valence-electron chi connectivity index (χ4n) is 1.87. The summed E-state index contributed by atoms with van der Waals surface area (Å²) in [6, 6.07) is 1.36. The standard InChI is InChI=1S/C13H16O5/c1-3-4-5-8-6-9(12(15)16)7(2)10(11(8)14)13(17)18/h6,14H,3-5H2,1-2H3,(H,15,16)(H,17,18). The van der Waals surface area contributed by atoms with Crippen molar-refractivity contribution in [2.45, 2.75) is 33.1 Å². The molecule has 0 saturated heterocycles. The van der Waals surface area contributed by atoms with Crippen molar-refractivity contribution < 1.29 is 24.9 Å². The monoisotopic (exact) mass is 252 g/mol. The third-order valence-corrected chi connectivity index (χ3v) is 2.88. The molecule has 0 fully saturated rings. The van der Waals surface area contributed by atoms with Gasteiger partial charge in [0.05, 0.1) is 5.56 Å². The minimum Gasteiger partial charge on any atom is -0.507 e. The fourth-order valence-corrected chi connectivity index (χ4v) is 1.87. The van der Waals surface area contributed by atoms with Gasteiger partial charge in [-0.15, -0.1) is 0 Å².